The topological polar surface area (TPSA) is 0 Å². The predicted octanol–water partition coefficient (Wildman–Crippen LogP) is 2.86. The number of halogens is 1. The van der Waals surface area contributed by atoms with Crippen molar-refractivity contribution in [1.82, 2.24) is 0 Å². The van der Waals surface area contributed by atoms with Crippen molar-refractivity contribution in [1.29, 1.82) is 0 Å². The molecule has 0 heterocycles. The predicted molar refractivity (Wildman–Crippen MR) is 37.5 cm³/mol. The number of allylic oxidation sites excluding steroid dienone is 2. The van der Waals surface area contributed by atoms with E-state index in [1.807, 2.05) is 11.1 Å². The van der Waals surface area contributed by atoms with E-state index in [1.165, 1.54) is 5.57 Å². The molecule has 1 heteroatoms. The molecule has 40 valence electrons. The molecule has 0 N–H and O–H groups in total. The normalized spacial score (nSPS) is 11.4. The third-order valence-corrected chi connectivity index (χ3v) is 1.40. The minimum absolute atomic E-state index is 1.05. The lowest BCUT2D eigenvalue weighted by atomic mass is 10.2. The fourth-order valence-electron chi connectivity index (χ4n) is 0.266. The van der Waals surface area contributed by atoms with Crippen LogP contribution < -0.4 is 0 Å². The average Bonchev–Trinajstić information content (AvgIpc) is 1.72. The highest BCUT2D eigenvalue weighted by molar-refractivity contribution is 9.11. The van der Waals surface area contributed by atoms with Crippen molar-refractivity contribution in [2.45, 2.75) is 13.3 Å². The van der Waals surface area contributed by atoms with Crippen LogP contribution in [0.5, 0.6) is 0 Å². The molecule has 0 unspecified atom stereocenters. The summed E-state index contributed by atoms with van der Waals surface area (Å²) in [4.78, 5) is 1.89. The maximum Gasteiger partial charge on any atom is -0.0157 e. The first-order valence-electron chi connectivity index (χ1n) is 2.26. The van der Waals surface area contributed by atoms with Crippen molar-refractivity contribution in [3.8, 4) is 0 Å². The van der Waals surface area contributed by atoms with Crippen LogP contribution in [0.15, 0.2) is 23.2 Å². The maximum absolute atomic E-state index is 3.60. The minimum Gasteiger partial charge on any atom is -0.0988 e. The number of hydrogen-bond donors (Lipinski definition) is 0. The third-order valence-electron chi connectivity index (χ3n) is 0.811. The minimum atomic E-state index is 1.05. The second-order valence-corrected chi connectivity index (χ2v) is 1.70. The second-order valence-electron chi connectivity index (χ2n) is 1.24. The molecule has 0 bridgehead atoms. The first-order chi connectivity index (χ1) is 3.35. The Bertz CT molecular complexity index is 82.2. The summed E-state index contributed by atoms with van der Waals surface area (Å²) in [6.45, 7) is 5.70. The lowest BCUT2D eigenvalue weighted by Gasteiger charge is -1.87. The molecule has 0 saturated carbocycles. The van der Waals surface area contributed by atoms with Gasteiger partial charge in [0.1, 0.15) is 0 Å². The molecule has 0 saturated heterocycles. The van der Waals surface area contributed by atoms with E-state index in [9.17, 15) is 0 Å². The molecule has 7 heavy (non-hydrogen) atoms. The SMILES string of the molecule is C=C/C(=C/Br)CC. The zero-order chi connectivity index (χ0) is 5.70. The van der Waals surface area contributed by atoms with E-state index in [1.54, 1.807) is 0 Å². The van der Waals surface area contributed by atoms with Gasteiger partial charge in [0.05, 0.1) is 0 Å². The molecular formula is C6H9Br. The largest absolute Gasteiger partial charge is 0.0988 e. The molecule has 0 spiro atoms. The van der Waals surface area contributed by atoms with Crippen LogP contribution in [0.2, 0.25) is 0 Å². The molecule has 0 atom stereocenters. The Kier molecular flexibility index (Phi) is 4.10. The van der Waals surface area contributed by atoms with E-state index in [0.717, 1.165) is 6.42 Å². The monoisotopic (exact) mass is 160 g/mol. The van der Waals surface area contributed by atoms with Crippen LogP contribution >= 0.6 is 15.9 Å². The van der Waals surface area contributed by atoms with E-state index in [4.69, 9.17) is 0 Å². The number of hydrogen-bond acceptors (Lipinski definition) is 0. The average molecular weight is 161 g/mol. The maximum atomic E-state index is 3.60. The van der Waals surface area contributed by atoms with E-state index in [0.29, 0.717) is 0 Å². The van der Waals surface area contributed by atoms with Crippen LogP contribution in [0, 0.1) is 0 Å². The smallest absolute Gasteiger partial charge is 0.0157 e. The second kappa shape index (κ2) is 4.13. The van der Waals surface area contributed by atoms with Gasteiger partial charge in [-0.25, -0.2) is 0 Å². The summed E-state index contributed by atoms with van der Waals surface area (Å²) in [6.07, 6.45) is 2.89. The van der Waals surface area contributed by atoms with Gasteiger partial charge in [0.15, 0.2) is 0 Å². The van der Waals surface area contributed by atoms with Gasteiger partial charge in [-0.3, -0.25) is 0 Å². The third kappa shape index (κ3) is 2.63. The molecule has 0 aliphatic rings. The van der Waals surface area contributed by atoms with Crippen molar-refractivity contribution in [3.05, 3.63) is 23.2 Å². The summed E-state index contributed by atoms with van der Waals surface area (Å²) in [5, 5.41) is 0. The van der Waals surface area contributed by atoms with Gasteiger partial charge in [-0.15, -0.1) is 0 Å². The van der Waals surface area contributed by atoms with Gasteiger partial charge < -0.3 is 0 Å². The Labute approximate surface area is 53.1 Å². The molecule has 0 aromatic carbocycles. The molecule has 0 fully saturated rings. The van der Waals surface area contributed by atoms with Crippen molar-refractivity contribution in [3.63, 3.8) is 0 Å². The quantitative estimate of drug-likeness (QED) is 0.546. The van der Waals surface area contributed by atoms with Crippen molar-refractivity contribution in [2.75, 3.05) is 0 Å². The summed E-state index contributed by atoms with van der Waals surface area (Å²) in [7, 11) is 0. The van der Waals surface area contributed by atoms with E-state index >= 15 is 0 Å². The van der Waals surface area contributed by atoms with Gasteiger partial charge in [0.2, 0.25) is 0 Å². The first kappa shape index (κ1) is 6.96. The summed E-state index contributed by atoms with van der Waals surface area (Å²) in [5.41, 5.74) is 1.24. The summed E-state index contributed by atoms with van der Waals surface area (Å²) in [5.74, 6) is 0. The van der Waals surface area contributed by atoms with Crippen LogP contribution in [-0.4, -0.2) is 0 Å². The van der Waals surface area contributed by atoms with Crippen LogP contribution in [0.3, 0.4) is 0 Å². The van der Waals surface area contributed by atoms with Gasteiger partial charge in [-0.05, 0) is 17.0 Å². The lowest BCUT2D eigenvalue weighted by Crippen LogP contribution is -1.65. The number of rotatable bonds is 2. The van der Waals surface area contributed by atoms with Crippen molar-refractivity contribution in [2.24, 2.45) is 0 Å². The molecule has 0 aromatic rings. The van der Waals surface area contributed by atoms with Gasteiger partial charge in [0, 0.05) is 0 Å². The van der Waals surface area contributed by atoms with E-state index in [2.05, 4.69) is 29.4 Å². The summed E-state index contributed by atoms with van der Waals surface area (Å²) < 4.78 is 0. The summed E-state index contributed by atoms with van der Waals surface area (Å²) >= 11 is 3.20. The zero-order valence-electron chi connectivity index (χ0n) is 4.45. The van der Waals surface area contributed by atoms with Crippen LogP contribution in [0.4, 0.5) is 0 Å². The van der Waals surface area contributed by atoms with Crippen molar-refractivity contribution >= 4 is 15.9 Å². The van der Waals surface area contributed by atoms with Crippen molar-refractivity contribution < 1.29 is 0 Å². The Morgan fingerprint density at radius 1 is 1.86 bits per heavy atom. The fourth-order valence-corrected chi connectivity index (χ4v) is 0.777. The Balaban J connectivity index is 3.60. The molecular weight excluding hydrogens is 152 g/mol. The van der Waals surface area contributed by atoms with Crippen LogP contribution in [-0.2, 0) is 0 Å². The molecule has 0 aliphatic carbocycles. The highest BCUT2D eigenvalue weighted by atomic mass is 79.9. The van der Waals surface area contributed by atoms with E-state index in [-0.39, 0.29) is 0 Å². The van der Waals surface area contributed by atoms with Gasteiger partial charge in [-0.1, -0.05) is 35.5 Å². The van der Waals surface area contributed by atoms with Gasteiger partial charge >= 0.3 is 0 Å². The van der Waals surface area contributed by atoms with Crippen LogP contribution in [0.1, 0.15) is 13.3 Å². The first-order valence-corrected chi connectivity index (χ1v) is 3.18. The van der Waals surface area contributed by atoms with Gasteiger partial charge in [-0.2, -0.15) is 0 Å². The summed E-state index contributed by atoms with van der Waals surface area (Å²) in [6, 6.07) is 0. The Hall–Kier alpha value is -0.0400. The molecule has 0 aromatic heterocycles. The zero-order valence-corrected chi connectivity index (χ0v) is 6.03. The highest BCUT2D eigenvalue weighted by Gasteiger charge is 1.78. The molecule has 0 aliphatic heterocycles. The molecule has 0 rings (SSSR count). The molecule has 0 amide bonds. The molecule has 0 radical (unpaired) electrons. The lowest BCUT2D eigenvalue weighted by molar-refractivity contribution is 1.16. The highest BCUT2D eigenvalue weighted by Crippen LogP contribution is 2.02. The Morgan fingerprint density at radius 3 is 2.43 bits per heavy atom. The van der Waals surface area contributed by atoms with Crippen LogP contribution in [0.25, 0.3) is 0 Å². The Morgan fingerprint density at radius 2 is 2.43 bits per heavy atom. The molecule has 0 nitrogen and oxygen atoms in total. The fraction of sp³-hybridized carbons (Fsp3) is 0.333. The van der Waals surface area contributed by atoms with Gasteiger partial charge in [0.25, 0.3) is 0 Å². The van der Waals surface area contributed by atoms with E-state index < -0.39 is 0 Å². The standard InChI is InChI=1S/C6H9Br/c1-3-6(4-2)5-7/h3,5H,1,4H2,2H3/b6-5-.